The molecule has 1 atom stereocenters. The Hall–Kier alpha value is -2.88. The lowest BCUT2D eigenvalue weighted by Gasteiger charge is -2.19. The lowest BCUT2D eigenvalue weighted by molar-refractivity contribution is 0.0827. The molecule has 1 heterocycles. The Labute approximate surface area is 213 Å². The number of benzene rings is 2. The molecule has 3 rings (SSSR count). The van der Waals surface area contributed by atoms with Crippen LogP contribution in [-0.4, -0.2) is 53.7 Å². The Balaban J connectivity index is 0.00000385. The number of rotatable bonds is 8. The van der Waals surface area contributed by atoms with E-state index in [1.54, 1.807) is 25.2 Å². The van der Waals surface area contributed by atoms with Crippen LogP contribution < -0.4 is 10.6 Å². The molecule has 0 aliphatic rings. The SMILES string of the molecule is CCNC(=NCCc1cccc(C(=O)N(C)C)c1)NC(C)c1cccc(-n2cccn2)c1.I. The normalized spacial score (nSPS) is 11.9. The number of amides is 1. The molecule has 2 aromatic carbocycles. The van der Waals surface area contributed by atoms with Gasteiger partial charge < -0.3 is 15.5 Å². The fourth-order valence-corrected chi connectivity index (χ4v) is 3.38. The van der Waals surface area contributed by atoms with Crippen molar-refractivity contribution in [2.75, 3.05) is 27.2 Å². The number of halogens is 1. The molecule has 0 spiro atoms. The largest absolute Gasteiger partial charge is 0.357 e. The van der Waals surface area contributed by atoms with E-state index >= 15 is 0 Å². The average molecular weight is 560 g/mol. The van der Waals surface area contributed by atoms with Gasteiger partial charge in [0, 0.05) is 45.1 Å². The second-order valence-electron chi connectivity index (χ2n) is 7.82. The lowest BCUT2D eigenvalue weighted by Crippen LogP contribution is -2.38. The predicted molar refractivity (Wildman–Crippen MR) is 145 cm³/mol. The standard InChI is InChI=1S/C25H32N6O.HI/c1-5-26-25(27-15-13-20-9-6-11-22(17-20)24(32)30(3)4)29-19(2)21-10-7-12-23(18-21)31-16-8-14-28-31;/h6-12,14,16-19H,5,13,15H2,1-4H3,(H2,26,27,29);1H. The maximum absolute atomic E-state index is 12.2. The molecule has 0 bridgehead atoms. The summed E-state index contributed by atoms with van der Waals surface area (Å²) in [6.07, 6.45) is 4.47. The van der Waals surface area contributed by atoms with Gasteiger partial charge in [0.1, 0.15) is 0 Å². The quantitative estimate of drug-likeness (QED) is 0.248. The second kappa shape index (κ2) is 13.0. The summed E-state index contributed by atoms with van der Waals surface area (Å²) in [5.41, 5.74) is 3.97. The maximum atomic E-state index is 12.2. The van der Waals surface area contributed by atoms with Crippen molar-refractivity contribution in [2.24, 2.45) is 4.99 Å². The van der Waals surface area contributed by atoms with Crippen molar-refractivity contribution in [3.8, 4) is 5.69 Å². The minimum absolute atomic E-state index is 0. The van der Waals surface area contributed by atoms with E-state index in [4.69, 9.17) is 4.99 Å². The van der Waals surface area contributed by atoms with Crippen LogP contribution in [0.1, 0.15) is 41.4 Å². The summed E-state index contributed by atoms with van der Waals surface area (Å²) in [6, 6.07) is 18.0. The number of hydrogen-bond acceptors (Lipinski definition) is 3. The number of guanidine groups is 1. The summed E-state index contributed by atoms with van der Waals surface area (Å²) < 4.78 is 1.85. The molecule has 1 amide bonds. The zero-order chi connectivity index (χ0) is 22.9. The van der Waals surface area contributed by atoms with Gasteiger partial charge in [-0.1, -0.05) is 24.3 Å². The Bertz CT molecular complexity index is 1050. The first kappa shape index (κ1) is 26.4. The van der Waals surface area contributed by atoms with E-state index in [0.29, 0.717) is 12.1 Å². The molecule has 176 valence electrons. The fourth-order valence-electron chi connectivity index (χ4n) is 3.38. The van der Waals surface area contributed by atoms with Crippen molar-refractivity contribution in [3.05, 3.63) is 83.7 Å². The van der Waals surface area contributed by atoms with Crippen molar-refractivity contribution in [1.29, 1.82) is 0 Å². The summed E-state index contributed by atoms with van der Waals surface area (Å²) in [5.74, 6) is 0.779. The zero-order valence-electron chi connectivity index (χ0n) is 19.7. The van der Waals surface area contributed by atoms with Crippen molar-refractivity contribution >= 4 is 35.8 Å². The van der Waals surface area contributed by atoms with E-state index in [2.05, 4.69) is 41.7 Å². The van der Waals surface area contributed by atoms with E-state index in [9.17, 15) is 4.79 Å². The molecule has 8 heteroatoms. The Morgan fingerprint density at radius 2 is 1.94 bits per heavy atom. The third-order valence-corrected chi connectivity index (χ3v) is 5.09. The molecule has 0 radical (unpaired) electrons. The fraction of sp³-hybridized carbons (Fsp3) is 0.320. The smallest absolute Gasteiger partial charge is 0.253 e. The van der Waals surface area contributed by atoms with Crippen LogP contribution in [0.15, 0.2) is 72.0 Å². The van der Waals surface area contributed by atoms with Crippen LogP contribution in [0.4, 0.5) is 0 Å². The van der Waals surface area contributed by atoms with Gasteiger partial charge in [0.05, 0.1) is 11.7 Å². The minimum Gasteiger partial charge on any atom is -0.357 e. The Morgan fingerprint density at radius 1 is 1.15 bits per heavy atom. The van der Waals surface area contributed by atoms with Gasteiger partial charge in [-0.25, -0.2) is 4.68 Å². The second-order valence-corrected chi connectivity index (χ2v) is 7.82. The average Bonchev–Trinajstić information content (AvgIpc) is 3.34. The number of aliphatic imine (C=N–C) groups is 1. The number of nitrogens with one attached hydrogen (secondary N) is 2. The van der Waals surface area contributed by atoms with E-state index < -0.39 is 0 Å². The number of aromatic nitrogens is 2. The van der Waals surface area contributed by atoms with Crippen molar-refractivity contribution < 1.29 is 4.79 Å². The van der Waals surface area contributed by atoms with Gasteiger partial charge in [0.2, 0.25) is 0 Å². The molecule has 0 aliphatic carbocycles. The van der Waals surface area contributed by atoms with Gasteiger partial charge in [-0.15, -0.1) is 24.0 Å². The lowest BCUT2D eigenvalue weighted by atomic mass is 10.1. The monoisotopic (exact) mass is 560 g/mol. The molecular formula is C25H33IN6O. The van der Waals surface area contributed by atoms with E-state index in [-0.39, 0.29) is 35.9 Å². The molecule has 0 saturated carbocycles. The van der Waals surface area contributed by atoms with Crippen molar-refractivity contribution in [3.63, 3.8) is 0 Å². The van der Waals surface area contributed by atoms with Gasteiger partial charge in [-0.2, -0.15) is 5.10 Å². The molecular weight excluding hydrogens is 527 g/mol. The Morgan fingerprint density at radius 3 is 2.64 bits per heavy atom. The topological polar surface area (TPSA) is 74.6 Å². The van der Waals surface area contributed by atoms with Gasteiger partial charge in [0.15, 0.2) is 5.96 Å². The highest BCUT2D eigenvalue weighted by Gasteiger charge is 2.10. The van der Waals surface area contributed by atoms with E-state index in [1.165, 1.54) is 0 Å². The van der Waals surface area contributed by atoms with Gasteiger partial charge >= 0.3 is 0 Å². The number of hydrogen-bond donors (Lipinski definition) is 2. The molecule has 7 nitrogen and oxygen atoms in total. The molecule has 0 aliphatic heterocycles. The highest BCUT2D eigenvalue weighted by atomic mass is 127. The number of carbonyl (C=O) groups is 1. The van der Waals surface area contributed by atoms with Crippen molar-refractivity contribution in [2.45, 2.75) is 26.3 Å². The maximum Gasteiger partial charge on any atom is 0.253 e. The van der Waals surface area contributed by atoms with Crippen LogP contribution in [0.25, 0.3) is 5.69 Å². The summed E-state index contributed by atoms with van der Waals surface area (Å²) in [5, 5.41) is 11.1. The molecule has 0 saturated heterocycles. The van der Waals surface area contributed by atoms with Crippen molar-refractivity contribution in [1.82, 2.24) is 25.3 Å². The summed E-state index contributed by atoms with van der Waals surface area (Å²) in [4.78, 5) is 18.5. The highest BCUT2D eigenvalue weighted by molar-refractivity contribution is 14.0. The van der Waals surface area contributed by atoms with Gasteiger partial charge in [-0.05, 0) is 61.7 Å². The van der Waals surface area contributed by atoms with Crippen LogP contribution in [0.5, 0.6) is 0 Å². The number of carbonyl (C=O) groups excluding carboxylic acids is 1. The van der Waals surface area contributed by atoms with Crippen LogP contribution in [0.3, 0.4) is 0 Å². The first-order valence-corrected chi connectivity index (χ1v) is 10.9. The molecule has 1 unspecified atom stereocenters. The van der Waals surface area contributed by atoms with Crippen LogP contribution in [0.2, 0.25) is 0 Å². The van der Waals surface area contributed by atoms with Crippen LogP contribution in [0, 0.1) is 0 Å². The molecule has 2 N–H and O–H groups in total. The van der Waals surface area contributed by atoms with Gasteiger partial charge in [0.25, 0.3) is 5.91 Å². The van der Waals surface area contributed by atoms with Gasteiger partial charge in [-0.3, -0.25) is 9.79 Å². The number of nitrogens with zero attached hydrogens (tertiary/aromatic N) is 4. The van der Waals surface area contributed by atoms with Crippen LogP contribution >= 0.6 is 24.0 Å². The summed E-state index contributed by atoms with van der Waals surface area (Å²) in [7, 11) is 3.53. The first-order valence-electron chi connectivity index (χ1n) is 10.9. The summed E-state index contributed by atoms with van der Waals surface area (Å²) >= 11 is 0. The summed E-state index contributed by atoms with van der Waals surface area (Å²) in [6.45, 7) is 5.57. The molecule has 33 heavy (non-hydrogen) atoms. The molecule has 1 aromatic heterocycles. The van der Waals surface area contributed by atoms with E-state index in [0.717, 1.165) is 35.7 Å². The predicted octanol–water partition coefficient (Wildman–Crippen LogP) is 4.05. The van der Waals surface area contributed by atoms with Crippen LogP contribution in [-0.2, 0) is 6.42 Å². The Kier molecular flexibility index (Phi) is 10.4. The minimum atomic E-state index is 0. The third kappa shape index (κ3) is 7.59. The highest BCUT2D eigenvalue weighted by Crippen LogP contribution is 2.16. The molecule has 0 fully saturated rings. The molecule has 3 aromatic rings. The third-order valence-electron chi connectivity index (χ3n) is 5.09. The van der Waals surface area contributed by atoms with E-state index in [1.807, 2.05) is 53.3 Å². The zero-order valence-corrected chi connectivity index (χ0v) is 22.0. The first-order chi connectivity index (χ1) is 15.5.